The molecule has 0 saturated carbocycles. The smallest absolute Gasteiger partial charge is 0.179 e. The predicted octanol–water partition coefficient (Wildman–Crippen LogP) is 6.92. The van der Waals surface area contributed by atoms with Crippen LogP contribution < -0.4 is 19.9 Å². The lowest BCUT2D eigenvalue weighted by atomic mass is 10.1. The number of carbonyl (C=O) groups is 1. The molecule has 0 aliphatic carbocycles. The number of fused-ring (bicyclic) bond motifs is 1. The summed E-state index contributed by atoms with van der Waals surface area (Å²) in [6, 6.07) is 25.4. The molecule has 0 fully saturated rings. The van der Waals surface area contributed by atoms with Gasteiger partial charge in [0.2, 0.25) is 0 Å². The number of rotatable bonds is 10. The summed E-state index contributed by atoms with van der Waals surface area (Å²) in [7, 11) is 3.18. The van der Waals surface area contributed by atoms with Crippen molar-refractivity contribution in [1.82, 2.24) is 0 Å². The molecule has 0 amide bonds. The van der Waals surface area contributed by atoms with Crippen LogP contribution in [-0.2, 0) is 4.79 Å². The molecule has 6 nitrogen and oxygen atoms in total. The van der Waals surface area contributed by atoms with Crippen molar-refractivity contribution >= 4 is 53.0 Å². The van der Waals surface area contributed by atoms with E-state index in [-0.39, 0.29) is 0 Å². The van der Waals surface area contributed by atoms with Gasteiger partial charge >= 0.3 is 0 Å². The van der Waals surface area contributed by atoms with Crippen molar-refractivity contribution in [2.24, 2.45) is 10.7 Å². The van der Waals surface area contributed by atoms with Gasteiger partial charge in [0.25, 0.3) is 0 Å². The lowest BCUT2D eigenvalue weighted by Gasteiger charge is -2.16. The molecular weight excluding hydrogens is 504 g/mol. The summed E-state index contributed by atoms with van der Waals surface area (Å²) in [5.41, 5.74) is 7.09. The normalized spacial score (nSPS) is 11.1. The zero-order valence-electron chi connectivity index (χ0n) is 21.0. The second-order valence-electron chi connectivity index (χ2n) is 7.57. The lowest BCUT2D eigenvalue weighted by Crippen LogP contribution is -2.09. The van der Waals surface area contributed by atoms with Crippen LogP contribution in [0.5, 0.6) is 17.2 Å². The SMILES string of the molecule is C=Nc1cc(OC)c(OC)cc1SCN.CSc1ccc(C(C=O)Oc2cccc3ccccc23)cc1. The third kappa shape index (κ3) is 7.29. The molecule has 2 N–H and O–H groups in total. The first-order valence-electron chi connectivity index (χ1n) is 11.4. The summed E-state index contributed by atoms with van der Waals surface area (Å²) < 4.78 is 16.3. The highest BCUT2D eigenvalue weighted by molar-refractivity contribution is 7.99. The largest absolute Gasteiger partial charge is 0.493 e. The highest BCUT2D eigenvalue weighted by Gasteiger charge is 2.14. The Hall–Kier alpha value is -3.46. The Morgan fingerprint density at radius 2 is 1.62 bits per heavy atom. The zero-order valence-corrected chi connectivity index (χ0v) is 22.7. The minimum Gasteiger partial charge on any atom is -0.493 e. The average molecular weight is 535 g/mol. The van der Waals surface area contributed by atoms with E-state index >= 15 is 0 Å². The van der Waals surface area contributed by atoms with Gasteiger partial charge < -0.3 is 19.9 Å². The van der Waals surface area contributed by atoms with Gasteiger partial charge in [0.1, 0.15) is 5.75 Å². The van der Waals surface area contributed by atoms with Gasteiger partial charge in [-0.15, -0.1) is 23.5 Å². The van der Waals surface area contributed by atoms with E-state index in [0.29, 0.717) is 17.4 Å². The van der Waals surface area contributed by atoms with Gasteiger partial charge in [-0.1, -0.05) is 48.5 Å². The topological polar surface area (TPSA) is 83.1 Å². The first-order chi connectivity index (χ1) is 18.1. The summed E-state index contributed by atoms with van der Waals surface area (Å²) in [4.78, 5) is 17.5. The summed E-state index contributed by atoms with van der Waals surface area (Å²) in [6.07, 6.45) is 2.27. The molecule has 4 aromatic carbocycles. The van der Waals surface area contributed by atoms with Crippen LogP contribution in [-0.4, -0.2) is 39.4 Å². The fraction of sp³-hybridized carbons (Fsp3) is 0.172. The van der Waals surface area contributed by atoms with Crippen molar-refractivity contribution in [3.05, 3.63) is 84.4 Å². The Bertz CT molecular complexity index is 1320. The molecule has 1 unspecified atom stereocenters. The van der Waals surface area contributed by atoms with Crippen LogP contribution >= 0.6 is 23.5 Å². The molecule has 4 aromatic rings. The molecule has 0 aliphatic rings. The number of ether oxygens (including phenoxy) is 3. The quantitative estimate of drug-likeness (QED) is 0.102. The maximum absolute atomic E-state index is 11.5. The van der Waals surface area contributed by atoms with Gasteiger partial charge in [-0.25, -0.2) is 0 Å². The summed E-state index contributed by atoms with van der Waals surface area (Å²) >= 11 is 3.16. The molecule has 0 bridgehead atoms. The Balaban J connectivity index is 0.000000222. The molecule has 37 heavy (non-hydrogen) atoms. The number of benzene rings is 4. The lowest BCUT2D eigenvalue weighted by molar-refractivity contribution is -0.113. The Morgan fingerprint density at radius 3 is 2.24 bits per heavy atom. The van der Waals surface area contributed by atoms with Crippen molar-refractivity contribution in [2.75, 3.05) is 26.4 Å². The highest BCUT2D eigenvalue weighted by Crippen LogP contribution is 2.39. The summed E-state index contributed by atoms with van der Waals surface area (Å²) in [5, 5.41) is 2.11. The minimum absolute atomic E-state index is 0.484. The fourth-order valence-electron chi connectivity index (χ4n) is 3.58. The van der Waals surface area contributed by atoms with Crippen LogP contribution in [0.4, 0.5) is 5.69 Å². The van der Waals surface area contributed by atoms with E-state index in [1.54, 1.807) is 32.0 Å². The fourth-order valence-corrected chi connectivity index (χ4v) is 4.63. The third-order valence-corrected chi connectivity index (χ3v) is 6.99. The number of thioether (sulfide) groups is 2. The van der Waals surface area contributed by atoms with E-state index in [1.807, 2.05) is 79.1 Å². The van der Waals surface area contributed by atoms with E-state index in [1.165, 1.54) is 16.7 Å². The van der Waals surface area contributed by atoms with E-state index < -0.39 is 6.10 Å². The van der Waals surface area contributed by atoms with Crippen molar-refractivity contribution < 1.29 is 19.0 Å². The number of methoxy groups -OCH3 is 2. The van der Waals surface area contributed by atoms with Gasteiger partial charge in [-0.3, -0.25) is 9.79 Å². The maximum Gasteiger partial charge on any atom is 0.179 e. The maximum atomic E-state index is 11.5. The van der Waals surface area contributed by atoms with E-state index in [9.17, 15) is 4.79 Å². The van der Waals surface area contributed by atoms with Gasteiger partial charge in [-0.05, 0) is 48.2 Å². The second kappa shape index (κ2) is 14.3. The average Bonchev–Trinajstić information content (AvgIpc) is 2.96. The molecule has 0 aliphatic heterocycles. The first kappa shape index (κ1) is 28.1. The van der Waals surface area contributed by atoms with E-state index in [4.69, 9.17) is 19.9 Å². The second-order valence-corrected chi connectivity index (χ2v) is 9.51. The van der Waals surface area contributed by atoms with Crippen molar-refractivity contribution in [1.29, 1.82) is 0 Å². The van der Waals surface area contributed by atoms with Gasteiger partial charge in [-0.2, -0.15) is 0 Å². The van der Waals surface area contributed by atoms with Crippen LogP contribution in [0.2, 0.25) is 0 Å². The monoisotopic (exact) mass is 534 g/mol. The standard InChI is InChI=1S/C19H16O2S.C10H14N2O2S/c1-22-16-11-9-15(10-12-16)19(13-20)21-18-8-4-6-14-5-2-3-7-17(14)18;1-12-7-4-8(13-2)9(14-3)5-10(7)15-6-11/h2-13,19H,1H3;4-5H,1,6,11H2,2-3H3. The van der Waals surface area contributed by atoms with Crippen molar-refractivity contribution in [3.63, 3.8) is 0 Å². The van der Waals surface area contributed by atoms with Crippen LogP contribution in [0.15, 0.2) is 93.6 Å². The predicted molar refractivity (Wildman–Crippen MR) is 155 cm³/mol. The van der Waals surface area contributed by atoms with Gasteiger partial charge in [0, 0.05) is 27.1 Å². The van der Waals surface area contributed by atoms with Crippen LogP contribution in [0.1, 0.15) is 11.7 Å². The van der Waals surface area contributed by atoms with Crippen LogP contribution in [0.25, 0.3) is 10.8 Å². The first-order valence-corrected chi connectivity index (χ1v) is 13.6. The molecule has 0 radical (unpaired) electrons. The Kier molecular flexibility index (Phi) is 10.9. The molecule has 0 aromatic heterocycles. The minimum atomic E-state index is -0.596. The number of nitrogens with two attached hydrogens (primary N) is 1. The molecule has 0 spiro atoms. The van der Waals surface area contributed by atoms with Gasteiger partial charge in [0.15, 0.2) is 23.9 Å². The zero-order chi connectivity index (χ0) is 26.6. The van der Waals surface area contributed by atoms with Crippen LogP contribution in [0.3, 0.4) is 0 Å². The summed E-state index contributed by atoms with van der Waals surface area (Å²) in [5.74, 6) is 2.52. The molecule has 0 heterocycles. The molecule has 8 heteroatoms. The number of aldehydes is 1. The van der Waals surface area contributed by atoms with Crippen molar-refractivity contribution in [2.45, 2.75) is 15.9 Å². The van der Waals surface area contributed by atoms with Crippen molar-refractivity contribution in [3.8, 4) is 17.2 Å². The highest BCUT2D eigenvalue weighted by atomic mass is 32.2. The third-order valence-electron chi connectivity index (χ3n) is 5.45. The molecule has 4 rings (SSSR count). The number of hydrogen-bond acceptors (Lipinski definition) is 8. The molecule has 1 atom stereocenters. The molecule has 192 valence electrons. The van der Waals surface area contributed by atoms with Crippen LogP contribution in [0, 0.1) is 0 Å². The molecule has 0 saturated heterocycles. The number of nitrogens with zero attached hydrogens (tertiary/aromatic N) is 1. The Morgan fingerprint density at radius 1 is 0.946 bits per heavy atom. The number of aliphatic imine (C=N–C) groups is 1. The van der Waals surface area contributed by atoms with E-state index in [0.717, 1.165) is 39.0 Å². The van der Waals surface area contributed by atoms with E-state index in [2.05, 4.69) is 11.7 Å². The Labute approximate surface area is 226 Å². The van der Waals surface area contributed by atoms with Gasteiger partial charge in [0.05, 0.1) is 19.9 Å². The molecular formula is C29H30N2O4S2. The number of carbonyl (C=O) groups excluding carboxylic acids is 1. The number of hydrogen-bond donors (Lipinski definition) is 1. The summed E-state index contributed by atoms with van der Waals surface area (Å²) in [6.45, 7) is 3.50.